The average Bonchev–Trinajstić information content (AvgIpc) is 2.44. The molecule has 0 unspecified atom stereocenters. The first kappa shape index (κ1) is 15.6. The molecule has 0 fully saturated rings. The zero-order valence-corrected chi connectivity index (χ0v) is 12.6. The number of halogens is 1. The van der Waals surface area contributed by atoms with Gasteiger partial charge in [-0.15, -0.1) is 0 Å². The van der Waals surface area contributed by atoms with Crippen molar-refractivity contribution in [2.45, 2.75) is 20.3 Å². The molecule has 5 N–H and O–H groups in total. The van der Waals surface area contributed by atoms with E-state index in [1.807, 2.05) is 32.0 Å². The number of nitrogens with zero attached hydrogens (tertiary/aromatic N) is 1. The second-order valence-electron chi connectivity index (χ2n) is 5.02. The number of hydrogen-bond donors (Lipinski definition) is 3. The molecule has 0 atom stereocenters. The lowest BCUT2D eigenvalue weighted by Gasteiger charge is -2.25. The Kier molecular flexibility index (Phi) is 4.50. The minimum Gasteiger partial charge on any atom is -0.399 e. The summed E-state index contributed by atoms with van der Waals surface area (Å²) in [5.41, 5.74) is 16.5. The maximum Gasteiger partial charge on any atom is 0.338 e. The predicted octanol–water partition coefficient (Wildman–Crippen LogP) is 3.19. The van der Waals surface area contributed by atoms with Gasteiger partial charge in [0.2, 0.25) is 0 Å². The Morgan fingerprint density at radius 3 is 2.64 bits per heavy atom. The molecule has 5 nitrogen and oxygen atoms in total. The van der Waals surface area contributed by atoms with Crippen LogP contribution in [-0.4, -0.2) is 6.03 Å². The fourth-order valence-corrected chi connectivity index (χ4v) is 2.26. The minimum atomic E-state index is -0.806. The summed E-state index contributed by atoms with van der Waals surface area (Å²) < 4.78 is 14.3. The summed E-state index contributed by atoms with van der Waals surface area (Å²) in [4.78, 5) is 11.8. The van der Waals surface area contributed by atoms with Crippen molar-refractivity contribution < 1.29 is 9.18 Å². The van der Waals surface area contributed by atoms with Gasteiger partial charge in [-0.05, 0) is 48.7 Å². The van der Waals surface area contributed by atoms with Crippen molar-refractivity contribution in [1.29, 1.82) is 0 Å². The molecule has 0 aliphatic carbocycles. The number of hydrazine groups is 1. The molecule has 0 aliphatic rings. The number of anilines is 3. The van der Waals surface area contributed by atoms with Crippen molar-refractivity contribution in [2.75, 3.05) is 16.2 Å². The highest BCUT2D eigenvalue weighted by Gasteiger charge is 2.21. The molecule has 2 aromatic carbocycles. The molecule has 0 aromatic heterocycles. The number of urea groups is 1. The number of carbonyl (C=O) groups is 1. The number of hydrogen-bond acceptors (Lipinski definition) is 3. The van der Waals surface area contributed by atoms with Gasteiger partial charge in [0, 0.05) is 5.69 Å². The first-order chi connectivity index (χ1) is 10.4. The first-order valence-corrected chi connectivity index (χ1v) is 6.93. The van der Waals surface area contributed by atoms with Crippen LogP contribution in [0.3, 0.4) is 0 Å². The van der Waals surface area contributed by atoms with Crippen LogP contribution in [0, 0.1) is 12.7 Å². The van der Waals surface area contributed by atoms with E-state index >= 15 is 0 Å². The molecule has 0 saturated carbocycles. The normalized spacial score (nSPS) is 10.3. The Labute approximate surface area is 128 Å². The second kappa shape index (κ2) is 6.34. The number of aryl methyl sites for hydroxylation is 2. The lowest BCUT2D eigenvalue weighted by Crippen LogP contribution is -2.41. The Morgan fingerprint density at radius 1 is 1.32 bits per heavy atom. The summed E-state index contributed by atoms with van der Waals surface area (Å²) in [5.74, 6) is -0.601. The van der Waals surface area contributed by atoms with Crippen LogP contribution in [0.15, 0.2) is 36.4 Å². The Bertz CT molecular complexity index is 703. The molecule has 0 radical (unpaired) electrons. The third kappa shape index (κ3) is 3.28. The Morgan fingerprint density at radius 2 is 2.05 bits per heavy atom. The number of amides is 2. The van der Waals surface area contributed by atoms with Gasteiger partial charge >= 0.3 is 6.03 Å². The fourth-order valence-electron chi connectivity index (χ4n) is 2.26. The topological polar surface area (TPSA) is 84.4 Å². The molecule has 22 heavy (non-hydrogen) atoms. The monoisotopic (exact) mass is 302 g/mol. The fraction of sp³-hybridized carbons (Fsp3) is 0.188. The highest BCUT2D eigenvalue weighted by molar-refractivity contribution is 5.94. The molecule has 6 heteroatoms. The maximum absolute atomic E-state index is 14.3. The molecule has 2 aromatic rings. The van der Waals surface area contributed by atoms with Crippen LogP contribution < -0.4 is 21.9 Å². The van der Waals surface area contributed by atoms with Crippen molar-refractivity contribution >= 4 is 23.1 Å². The molecule has 0 spiro atoms. The summed E-state index contributed by atoms with van der Waals surface area (Å²) in [6, 6.07) is 9.34. The van der Waals surface area contributed by atoms with Crippen LogP contribution >= 0.6 is 0 Å². The molecule has 2 rings (SSSR count). The number of benzene rings is 2. The zero-order valence-electron chi connectivity index (χ0n) is 12.6. The number of nitrogen functional groups attached to an aromatic ring is 1. The third-order valence-corrected chi connectivity index (χ3v) is 3.25. The van der Waals surface area contributed by atoms with E-state index in [1.165, 1.54) is 6.07 Å². The van der Waals surface area contributed by atoms with Crippen LogP contribution in [0.5, 0.6) is 0 Å². The summed E-state index contributed by atoms with van der Waals surface area (Å²) >= 11 is 0. The molecular formula is C16H19FN4O. The Balaban J connectivity index is 2.47. The SMILES string of the molecule is CCc1cc(N)cc(F)c1N(Nc1cccc(C)c1)C(N)=O. The smallest absolute Gasteiger partial charge is 0.338 e. The van der Waals surface area contributed by atoms with Crippen LogP contribution in [0.1, 0.15) is 18.1 Å². The van der Waals surface area contributed by atoms with Gasteiger partial charge < -0.3 is 11.5 Å². The average molecular weight is 302 g/mol. The molecule has 116 valence electrons. The number of nitrogens with one attached hydrogen (secondary N) is 1. The number of carbonyl (C=O) groups excluding carboxylic acids is 1. The van der Waals surface area contributed by atoms with Crippen molar-refractivity contribution in [3.63, 3.8) is 0 Å². The van der Waals surface area contributed by atoms with Crippen molar-refractivity contribution in [1.82, 2.24) is 0 Å². The Hall–Kier alpha value is -2.76. The van der Waals surface area contributed by atoms with Gasteiger partial charge in [0.05, 0.1) is 5.69 Å². The number of rotatable bonds is 4. The van der Waals surface area contributed by atoms with E-state index in [2.05, 4.69) is 5.43 Å². The minimum absolute atomic E-state index is 0.0886. The number of primary amides is 1. The first-order valence-electron chi connectivity index (χ1n) is 6.93. The van der Waals surface area contributed by atoms with Crippen LogP contribution in [0.2, 0.25) is 0 Å². The summed E-state index contributed by atoms with van der Waals surface area (Å²) in [7, 11) is 0. The summed E-state index contributed by atoms with van der Waals surface area (Å²) in [6.07, 6.45) is 0.510. The van der Waals surface area contributed by atoms with E-state index in [9.17, 15) is 9.18 Å². The van der Waals surface area contributed by atoms with Gasteiger partial charge in [0.15, 0.2) is 5.82 Å². The van der Waals surface area contributed by atoms with Gasteiger partial charge in [0.1, 0.15) is 5.69 Å². The van der Waals surface area contributed by atoms with Crippen LogP contribution in [0.25, 0.3) is 0 Å². The lowest BCUT2D eigenvalue weighted by atomic mass is 10.1. The highest BCUT2D eigenvalue weighted by atomic mass is 19.1. The van der Waals surface area contributed by atoms with Gasteiger partial charge in [-0.3, -0.25) is 5.43 Å². The molecular weight excluding hydrogens is 283 g/mol. The highest BCUT2D eigenvalue weighted by Crippen LogP contribution is 2.28. The third-order valence-electron chi connectivity index (χ3n) is 3.25. The van der Waals surface area contributed by atoms with E-state index in [4.69, 9.17) is 11.5 Å². The second-order valence-corrected chi connectivity index (χ2v) is 5.02. The van der Waals surface area contributed by atoms with Crippen molar-refractivity contribution in [2.24, 2.45) is 5.73 Å². The number of nitrogens with two attached hydrogens (primary N) is 2. The molecule has 0 aliphatic heterocycles. The van der Waals surface area contributed by atoms with Crippen molar-refractivity contribution in [3.05, 3.63) is 53.3 Å². The standard InChI is InChI=1S/C16H19FN4O/c1-3-11-8-12(18)9-14(17)15(11)21(16(19)22)20-13-6-4-5-10(2)7-13/h4-9,20H,3,18H2,1-2H3,(H2,19,22). The quantitative estimate of drug-likeness (QED) is 0.599. The van der Waals surface area contributed by atoms with Gasteiger partial charge in [-0.25, -0.2) is 14.2 Å². The van der Waals surface area contributed by atoms with Gasteiger partial charge in [-0.1, -0.05) is 19.1 Å². The lowest BCUT2D eigenvalue weighted by molar-refractivity contribution is 0.254. The van der Waals surface area contributed by atoms with Crippen molar-refractivity contribution in [3.8, 4) is 0 Å². The van der Waals surface area contributed by atoms with Crippen LogP contribution in [0.4, 0.5) is 26.2 Å². The summed E-state index contributed by atoms with van der Waals surface area (Å²) in [6.45, 7) is 3.77. The molecule has 0 bridgehead atoms. The molecule has 0 heterocycles. The molecule has 0 saturated heterocycles. The van der Waals surface area contributed by atoms with Gasteiger partial charge in [-0.2, -0.15) is 0 Å². The largest absolute Gasteiger partial charge is 0.399 e. The van der Waals surface area contributed by atoms with E-state index < -0.39 is 11.8 Å². The van der Waals surface area contributed by atoms with E-state index in [0.29, 0.717) is 23.4 Å². The zero-order chi connectivity index (χ0) is 16.3. The van der Waals surface area contributed by atoms with E-state index in [0.717, 1.165) is 10.6 Å². The maximum atomic E-state index is 14.3. The van der Waals surface area contributed by atoms with Crippen LogP contribution in [-0.2, 0) is 6.42 Å². The predicted molar refractivity (Wildman–Crippen MR) is 87.1 cm³/mol. The van der Waals surface area contributed by atoms with E-state index in [1.54, 1.807) is 12.1 Å². The van der Waals surface area contributed by atoms with E-state index in [-0.39, 0.29) is 5.69 Å². The molecule has 2 amide bonds. The summed E-state index contributed by atoms with van der Waals surface area (Å²) in [5, 5.41) is 1.00. The van der Waals surface area contributed by atoms with Gasteiger partial charge in [0.25, 0.3) is 0 Å².